The Kier molecular flexibility index (Phi) is 3.56. The molecule has 2 nitrogen and oxygen atoms in total. The Balaban J connectivity index is 2.64. The van der Waals surface area contributed by atoms with Crippen LogP contribution in [0.25, 0.3) is 11.1 Å². The van der Waals surface area contributed by atoms with Gasteiger partial charge in [-0.1, -0.05) is 38.1 Å². The molecule has 0 unspecified atom stereocenters. The average Bonchev–Trinajstić information content (AvgIpc) is 2.41. The molecule has 0 aliphatic carbocycles. The van der Waals surface area contributed by atoms with Gasteiger partial charge in [-0.3, -0.25) is 0 Å². The van der Waals surface area contributed by atoms with Gasteiger partial charge in [-0.2, -0.15) is 0 Å². The average molecular weight is 242 g/mol. The van der Waals surface area contributed by atoms with Gasteiger partial charge in [-0.25, -0.2) is 0 Å². The van der Waals surface area contributed by atoms with E-state index in [0.29, 0.717) is 0 Å². The number of rotatable bonds is 3. The van der Waals surface area contributed by atoms with Crippen LogP contribution in [0, 0.1) is 0 Å². The standard InChI is InChI=1S/C16H18O2/c1-3-11-6-5-7-12(4-2)16(11)13-8-9-14(17)15(18)10-13/h5-10,17-18H,3-4H2,1-2H3. The van der Waals surface area contributed by atoms with Crippen molar-refractivity contribution < 1.29 is 10.2 Å². The van der Waals surface area contributed by atoms with E-state index in [2.05, 4.69) is 32.0 Å². The van der Waals surface area contributed by atoms with E-state index in [9.17, 15) is 10.2 Å². The summed E-state index contributed by atoms with van der Waals surface area (Å²) in [5.41, 5.74) is 4.66. The van der Waals surface area contributed by atoms with Crippen molar-refractivity contribution in [2.75, 3.05) is 0 Å². The van der Waals surface area contributed by atoms with Crippen LogP contribution in [0.5, 0.6) is 11.5 Å². The number of aromatic hydroxyl groups is 2. The van der Waals surface area contributed by atoms with Gasteiger partial charge < -0.3 is 10.2 Å². The number of aryl methyl sites for hydroxylation is 2. The van der Waals surface area contributed by atoms with Crippen molar-refractivity contribution in [2.24, 2.45) is 0 Å². The summed E-state index contributed by atoms with van der Waals surface area (Å²) < 4.78 is 0. The van der Waals surface area contributed by atoms with Crippen LogP contribution in [-0.4, -0.2) is 10.2 Å². The first kappa shape index (κ1) is 12.5. The molecule has 2 aromatic rings. The highest BCUT2D eigenvalue weighted by atomic mass is 16.3. The Morgan fingerprint density at radius 2 is 1.44 bits per heavy atom. The van der Waals surface area contributed by atoms with Crippen molar-refractivity contribution in [2.45, 2.75) is 26.7 Å². The molecular weight excluding hydrogens is 224 g/mol. The molecule has 2 rings (SSSR count). The maximum atomic E-state index is 9.64. The first-order chi connectivity index (χ1) is 8.67. The zero-order valence-electron chi connectivity index (χ0n) is 10.8. The number of benzene rings is 2. The number of phenols is 2. The van der Waals surface area contributed by atoms with Crippen LogP contribution < -0.4 is 0 Å². The predicted molar refractivity (Wildman–Crippen MR) is 74.0 cm³/mol. The molecule has 0 aromatic heterocycles. The Labute approximate surface area is 108 Å². The normalized spacial score (nSPS) is 10.6. The molecule has 2 N–H and O–H groups in total. The smallest absolute Gasteiger partial charge is 0.158 e. The number of hydrogen-bond acceptors (Lipinski definition) is 2. The van der Waals surface area contributed by atoms with E-state index in [1.165, 1.54) is 22.8 Å². The van der Waals surface area contributed by atoms with E-state index in [4.69, 9.17) is 0 Å². The van der Waals surface area contributed by atoms with Crippen molar-refractivity contribution in [3.8, 4) is 22.6 Å². The topological polar surface area (TPSA) is 40.5 Å². The Bertz CT molecular complexity index is 537. The monoisotopic (exact) mass is 242 g/mol. The molecule has 2 aromatic carbocycles. The lowest BCUT2D eigenvalue weighted by atomic mass is 9.92. The fourth-order valence-corrected chi connectivity index (χ4v) is 2.29. The van der Waals surface area contributed by atoms with Crippen LogP contribution >= 0.6 is 0 Å². The molecule has 0 amide bonds. The summed E-state index contributed by atoms with van der Waals surface area (Å²) in [5.74, 6) is -0.147. The van der Waals surface area contributed by atoms with Crippen LogP contribution in [0.15, 0.2) is 36.4 Å². The second kappa shape index (κ2) is 5.13. The molecule has 0 heterocycles. The lowest BCUT2D eigenvalue weighted by molar-refractivity contribution is 0.404. The van der Waals surface area contributed by atoms with Gasteiger partial charge in [0.2, 0.25) is 0 Å². The van der Waals surface area contributed by atoms with Crippen LogP contribution in [0.1, 0.15) is 25.0 Å². The molecule has 0 atom stereocenters. The molecular formula is C16H18O2. The zero-order valence-corrected chi connectivity index (χ0v) is 10.8. The molecule has 0 saturated carbocycles. The molecule has 0 spiro atoms. The minimum absolute atomic E-state index is 0.0690. The zero-order chi connectivity index (χ0) is 13.1. The fourth-order valence-electron chi connectivity index (χ4n) is 2.29. The van der Waals surface area contributed by atoms with Crippen LogP contribution in [-0.2, 0) is 12.8 Å². The molecule has 2 heteroatoms. The predicted octanol–water partition coefficient (Wildman–Crippen LogP) is 3.89. The molecule has 0 radical (unpaired) electrons. The second-order valence-electron chi connectivity index (χ2n) is 4.36. The molecule has 18 heavy (non-hydrogen) atoms. The van der Waals surface area contributed by atoms with Crippen molar-refractivity contribution in [3.05, 3.63) is 47.5 Å². The van der Waals surface area contributed by atoms with Crippen molar-refractivity contribution in [3.63, 3.8) is 0 Å². The summed E-state index contributed by atoms with van der Waals surface area (Å²) in [6, 6.07) is 11.3. The Morgan fingerprint density at radius 3 is 1.94 bits per heavy atom. The molecule has 0 fully saturated rings. The molecule has 94 valence electrons. The fraction of sp³-hybridized carbons (Fsp3) is 0.250. The van der Waals surface area contributed by atoms with Crippen molar-refractivity contribution in [1.29, 1.82) is 0 Å². The van der Waals surface area contributed by atoms with Gasteiger partial charge in [-0.15, -0.1) is 0 Å². The quantitative estimate of drug-likeness (QED) is 0.802. The maximum absolute atomic E-state index is 9.64. The first-order valence-corrected chi connectivity index (χ1v) is 6.30. The molecule has 0 saturated heterocycles. The van der Waals surface area contributed by atoms with Crippen LogP contribution in [0.2, 0.25) is 0 Å². The molecule has 0 aliphatic rings. The SMILES string of the molecule is CCc1cccc(CC)c1-c1ccc(O)c(O)c1. The highest BCUT2D eigenvalue weighted by Gasteiger charge is 2.10. The van der Waals surface area contributed by atoms with Gasteiger partial charge in [-0.05, 0) is 47.2 Å². The highest BCUT2D eigenvalue weighted by molar-refractivity contribution is 5.73. The summed E-state index contributed by atoms with van der Waals surface area (Å²) in [5, 5.41) is 19.0. The summed E-state index contributed by atoms with van der Waals surface area (Å²) in [4.78, 5) is 0. The van der Waals surface area contributed by atoms with Crippen molar-refractivity contribution in [1.82, 2.24) is 0 Å². The summed E-state index contributed by atoms with van der Waals surface area (Å²) in [6.45, 7) is 4.25. The molecule has 0 bridgehead atoms. The van der Waals surface area contributed by atoms with E-state index in [1.807, 2.05) is 6.07 Å². The maximum Gasteiger partial charge on any atom is 0.158 e. The minimum atomic E-state index is -0.0780. The van der Waals surface area contributed by atoms with Gasteiger partial charge >= 0.3 is 0 Å². The highest BCUT2D eigenvalue weighted by Crippen LogP contribution is 2.34. The third-order valence-corrected chi connectivity index (χ3v) is 3.26. The second-order valence-corrected chi connectivity index (χ2v) is 4.36. The van der Waals surface area contributed by atoms with E-state index < -0.39 is 0 Å². The van der Waals surface area contributed by atoms with Gasteiger partial charge in [0.05, 0.1) is 0 Å². The lowest BCUT2D eigenvalue weighted by Gasteiger charge is -2.14. The summed E-state index contributed by atoms with van der Waals surface area (Å²) in [6.07, 6.45) is 1.90. The van der Waals surface area contributed by atoms with Crippen LogP contribution in [0.4, 0.5) is 0 Å². The van der Waals surface area contributed by atoms with Gasteiger partial charge in [0, 0.05) is 0 Å². The minimum Gasteiger partial charge on any atom is -0.504 e. The van der Waals surface area contributed by atoms with Gasteiger partial charge in [0.15, 0.2) is 11.5 Å². The van der Waals surface area contributed by atoms with Crippen molar-refractivity contribution >= 4 is 0 Å². The first-order valence-electron chi connectivity index (χ1n) is 6.30. The van der Waals surface area contributed by atoms with Gasteiger partial charge in [0.25, 0.3) is 0 Å². The van der Waals surface area contributed by atoms with Gasteiger partial charge in [0.1, 0.15) is 0 Å². The number of hydrogen-bond donors (Lipinski definition) is 2. The summed E-state index contributed by atoms with van der Waals surface area (Å²) >= 11 is 0. The van der Waals surface area contributed by atoms with E-state index in [-0.39, 0.29) is 11.5 Å². The third-order valence-electron chi connectivity index (χ3n) is 3.26. The van der Waals surface area contributed by atoms with Crippen LogP contribution in [0.3, 0.4) is 0 Å². The Hall–Kier alpha value is -1.96. The third kappa shape index (κ3) is 2.19. The number of phenolic OH excluding ortho intramolecular Hbond substituents is 2. The Morgan fingerprint density at radius 1 is 0.833 bits per heavy atom. The summed E-state index contributed by atoms with van der Waals surface area (Å²) in [7, 11) is 0. The van der Waals surface area contributed by atoms with E-state index >= 15 is 0 Å². The molecule has 0 aliphatic heterocycles. The van der Waals surface area contributed by atoms with E-state index in [0.717, 1.165) is 18.4 Å². The lowest BCUT2D eigenvalue weighted by Crippen LogP contribution is -1.94. The van der Waals surface area contributed by atoms with E-state index in [1.54, 1.807) is 6.07 Å². The largest absolute Gasteiger partial charge is 0.504 e.